The van der Waals surface area contributed by atoms with E-state index < -0.39 is 0 Å². The first-order valence-corrected chi connectivity index (χ1v) is 6.14. The molecule has 0 fully saturated rings. The van der Waals surface area contributed by atoms with Crippen molar-refractivity contribution in [2.75, 3.05) is 5.73 Å². The van der Waals surface area contributed by atoms with E-state index in [0.717, 1.165) is 11.4 Å². The molecule has 0 saturated carbocycles. The summed E-state index contributed by atoms with van der Waals surface area (Å²) in [6.07, 6.45) is 0. The standard InChI is InChI=1S/C12H16ClN5/c1-6(2)12-15-9(14)5-10(16-12)18-8(4)11(13)7(3)17-18/h5-6H,1-4H3,(H2,14,15,16). The molecule has 0 amide bonds. The number of aryl methyl sites for hydroxylation is 1. The molecule has 2 N–H and O–H groups in total. The Kier molecular flexibility index (Phi) is 3.26. The van der Waals surface area contributed by atoms with Crippen LogP contribution >= 0.6 is 11.6 Å². The van der Waals surface area contributed by atoms with E-state index in [1.807, 2.05) is 27.7 Å². The van der Waals surface area contributed by atoms with Crippen molar-refractivity contribution in [2.24, 2.45) is 0 Å². The van der Waals surface area contributed by atoms with Gasteiger partial charge < -0.3 is 5.73 Å². The Balaban J connectivity index is 2.60. The summed E-state index contributed by atoms with van der Waals surface area (Å²) in [5.74, 6) is 2.00. The van der Waals surface area contributed by atoms with E-state index in [1.165, 1.54) is 0 Å². The lowest BCUT2D eigenvalue weighted by Crippen LogP contribution is -2.09. The van der Waals surface area contributed by atoms with Gasteiger partial charge in [0.2, 0.25) is 0 Å². The lowest BCUT2D eigenvalue weighted by Gasteiger charge is -2.09. The van der Waals surface area contributed by atoms with Gasteiger partial charge in [-0.2, -0.15) is 5.10 Å². The molecule has 0 aliphatic heterocycles. The van der Waals surface area contributed by atoms with E-state index in [-0.39, 0.29) is 5.92 Å². The number of nitrogens with two attached hydrogens (primary N) is 1. The minimum atomic E-state index is 0.208. The average molecular weight is 266 g/mol. The largest absolute Gasteiger partial charge is 0.384 e. The Morgan fingerprint density at radius 1 is 1.28 bits per heavy atom. The molecule has 0 radical (unpaired) electrons. The summed E-state index contributed by atoms with van der Waals surface area (Å²) in [4.78, 5) is 8.68. The van der Waals surface area contributed by atoms with E-state index in [2.05, 4.69) is 15.1 Å². The van der Waals surface area contributed by atoms with Crippen molar-refractivity contribution < 1.29 is 0 Å². The number of anilines is 1. The summed E-state index contributed by atoms with van der Waals surface area (Å²) < 4.78 is 1.70. The highest BCUT2D eigenvalue weighted by Crippen LogP contribution is 2.23. The second kappa shape index (κ2) is 4.57. The summed E-state index contributed by atoms with van der Waals surface area (Å²) >= 11 is 6.13. The number of hydrogen-bond donors (Lipinski definition) is 1. The monoisotopic (exact) mass is 265 g/mol. The molecular weight excluding hydrogens is 250 g/mol. The van der Waals surface area contributed by atoms with Gasteiger partial charge in [-0.25, -0.2) is 14.6 Å². The van der Waals surface area contributed by atoms with E-state index >= 15 is 0 Å². The molecule has 0 aromatic carbocycles. The van der Waals surface area contributed by atoms with Crippen LogP contribution < -0.4 is 5.73 Å². The Labute approximate surface area is 111 Å². The van der Waals surface area contributed by atoms with Crippen molar-refractivity contribution >= 4 is 17.4 Å². The Hall–Kier alpha value is -1.62. The van der Waals surface area contributed by atoms with Gasteiger partial charge in [0.25, 0.3) is 0 Å². The predicted molar refractivity (Wildman–Crippen MR) is 72.1 cm³/mol. The van der Waals surface area contributed by atoms with Gasteiger partial charge in [0, 0.05) is 12.0 Å². The summed E-state index contributed by atoms with van der Waals surface area (Å²) in [6.45, 7) is 7.80. The maximum absolute atomic E-state index is 6.13. The molecule has 0 saturated heterocycles. The van der Waals surface area contributed by atoms with E-state index in [1.54, 1.807) is 10.7 Å². The number of aromatic nitrogens is 4. The number of nitrogens with zero attached hydrogens (tertiary/aromatic N) is 4. The minimum Gasteiger partial charge on any atom is -0.384 e. The highest BCUT2D eigenvalue weighted by atomic mass is 35.5. The molecule has 2 heterocycles. The van der Waals surface area contributed by atoms with E-state index in [4.69, 9.17) is 17.3 Å². The van der Waals surface area contributed by atoms with Crippen molar-refractivity contribution in [1.82, 2.24) is 19.7 Å². The van der Waals surface area contributed by atoms with Crippen LogP contribution in [0.25, 0.3) is 5.82 Å². The first-order valence-electron chi connectivity index (χ1n) is 5.76. The first-order chi connectivity index (χ1) is 8.40. The van der Waals surface area contributed by atoms with Crippen molar-refractivity contribution in [2.45, 2.75) is 33.6 Å². The second-order valence-electron chi connectivity index (χ2n) is 4.56. The molecule has 0 bridgehead atoms. The van der Waals surface area contributed by atoms with Crippen LogP contribution in [0, 0.1) is 13.8 Å². The molecule has 6 heteroatoms. The molecule has 0 atom stereocenters. The summed E-state index contributed by atoms with van der Waals surface area (Å²) in [5.41, 5.74) is 7.43. The normalized spacial score (nSPS) is 11.2. The van der Waals surface area contributed by atoms with Crippen LogP contribution in [0.15, 0.2) is 6.07 Å². The van der Waals surface area contributed by atoms with Gasteiger partial charge in [0.1, 0.15) is 11.6 Å². The van der Waals surface area contributed by atoms with Crippen LogP contribution in [0.4, 0.5) is 5.82 Å². The van der Waals surface area contributed by atoms with Crippen molar-refractivity contribution in [1.29, 1.82) is 0 Å². The Bertz CT molecular complexity index is 588. The van der Waals surface area contributed by atoms with Crippen molar-refractivity contribution in [3.63, 3.8) is 0 Å². The van der Waals surface area contributed by atoms with Gasteiger partial charge in [-0.15, -0.1) is 0 Å². The lowest BCUT2D eigenvalue weighted by atomic mass is 10.2. The first kappa shape index (κ1) is 12.8. The summed E-state index contributed by atoms with van der Waals surface area (Å²) in [5, 5.41) is 5.01. The smallest absolute Gasteiger partial charge is 0.159 e. The maximum Gasteiger partial charge on any atom is 0.159 e. The van der Waals surface area contributed by atoms with Gasteiger partial charge in [0.15, 0.2) is 5.82 Å². The van der Waals surface area contributed by atoms with Crippen molar-refractivity contribution in [3.8, 4) is 5.82 Å². The zero-order chi connectivity index (χ0) is 13.4. The number of halogens is 1. The third kappa shape index (κ3) is 2.18. The quantitative estimate of drug-likeness (QED) is 0.906. The van der Waals surface area contributed by atoms with Crippen LogP contribution in [-0.4, -0.2) is 19.7 Å². The molecule has 2 rings (SSSR count). The molecule has 2 aromatic rings. The minimum absolute atomic E-state index is 0.208. The molecule has 0 aliphatic rings. The third-order valence-corrected chi connectivity index (χ3v) is 3.23. The van der Waals surface area contributed by atoms with Crippen LogP contribution in [0.5, 0.6) is 0 Å². The van der Waals surface area contributed by atoms with E-state index in [0.29, 0.717) is 22.5 Å². The molecular formula is C12H16ClN5. The fourth-order valence-electron chi connectivity index (χ4n) is 1.68. The van der Waals surface area contributed by atoms with Crippen LogP contribution in [0.2, 0.25) is 5.02 Å². The zero-order valence-corrected chi connectivity index (χ0v) is 11.7. The molecule has 96 valence electrons. The van der Waals surface area contributed by atoms with Gasteiger partial charge in [-0.3, -0.25) is 0 Å². The molecule has 18 heavy (non-hydrogen) atoms. The molecule has 5 nitrogen and oxygen atoms in total. The lowest BCUT2D eigenvalue weighted by molar-refractivity contribution is 0.738. The Morgan fingerprint density at radius 2 is 1.94 bits per heavy atom. The maximum atomic E-state index is 6.13. The van der Waals surface area contributed by atoms with Gasteiger partial charge >= 0.3 is 0 Å². The summed E-state index contributed by atoms with van der Waals surface area (Å²) in [7, 11) is 0. The van der Waals surface area contributed by atoms with Crippen LogP contribution in [0.1, 0.15) is 37.0 Å². The fourth-order valence-corrected chi connectivity index (χ4v) is 1.80. The average Bonchev–Trinajstić information content (AvgIpc) is 2.56. The van der Waals surface area contributed by atoms with Gasteiger partial charge in [0.05, 0.1) is 16.4 Å². The molecule has 0 unspecified atom stereocenters. The fraction of sp³-hybridized carbons (Fsp3) is 0.417. The SMILES string of the molecule is Cc1nn(-c2cc(N)nc(C(C)C)n2)c(C)c1Cl. The second-order valence-corrected chi connectivity index (χ2v) is 4.94. The number of rotatable bonds is 2. The third-order valence-electron chi connectivity index (χ3n) is 2.69. The molecule has 2 aromatic heterocycles. The van der Waals surface area contributed by atoms with Crippen LogP contribution in [-0.2, 0) is 0 Å². The summed E-state index contributed by atoms with van der Waals surface area (Å²) in [6, 6.07) is 1.70. The predicted octanol–water partition coefficient (Wildman–Crippen LogP) is 2.64. The van der Waals surface area contributed by atoms with Gasteiger partial charge in [-0.05, 0) is 13.8 Å². The van der Waals surface area contributed by atoms with Gasteiger partial charge in [-0.1, -0.05) is 25.4 Å². The molecule has 0 aliphatic carbocycles. The van der Waals surface area contributed by atoms with Crippen LogP contribution in [0.3, 0.4) is 0 Å². The molecule has 0 spiro atoms. The Morgan fingerprint density at radius 3 is 2.44 bits per heavy atom. The van der Waals surface area contributed by atoms with Crippen molar-refractivity contribution in [3.05, 3.63) is 28.3 Å². The number of hydrogen-bond acceptors (Lipinski definition) is 4. The zero-order valence-electron chi connectivity index (χ0n) is 10.9. The highest BCUT2D eigenvalue weighted by molar-refractivity contribution is 6.31. The topological polar surface area (TPSA) is 69.6 Å². The highest BCUT2D eigenvalue weighted by Gasteiger charge is 2.14. The number of nitrogen functional groups attached to an aromatic ring is 1. The van der Waals surface area contributed by atoms with E-state index in [9.17, 15) is 0 Å².